The molecule has 2 rings (SSSR count). The summed E-state index contributed by atoms with van der Waals surface area (Å²) < 4.78 is 0.535. The Morgan fingerprint density at radius 2 is 1.78 bits per heavy atom. The molecule has 0 amide bonds. The van der Waals surface area contributed by atoms with Crippen LogP contribution < -0.4 is 0 Å². The van der Waals surface area contributed by atoms with E-state index >= 15 is 0 Å². The largest absolute Gasteiger partial charge is 0.428 e. The first-order chi connectivity index (χ1) is 8.70. The van der Waals surface area contributed by atoms with Crippen LogP contribution in [0, 0.1) is 0 Å². The van der Waals surface area contributed by atoms with Crippen LogP contribution in [0.3, 0.4) is 0 Å². The number of thiocarbonyl (C=S) groups is 1. The van der Waals surface area contributed by atoms with Crippen LogP contribution in [0.2, 0.25) is 0 Å². The van der Waals surface area contributed by atoms with E-state index in [4.69, 9.17) is 24.8 Å². The summed E-state index contributed by atoms with van der Waals surface area (Å²) >= 11 is 10.2. The SMILES string of the molecule is C=Cc1ccc(Cc2ccccc2C(=S)[S-])cc1. The third kappa shape index (κ3) is 3.03. The monoisotopic (exact) mass is 269 g/mol. The smallest absolute Gasteiger partial charge is 0.00202 e. The van der Waals surface area contributed by atoms with Gasteiger partial charge in [0, 0.05) is 0 Å². The van der Waals surface area contributed by atoms with Crippen molar-refractivity contribution in [3.05, 3.63) is 77.4 Å². The van der Waals surface area contributed by atoms with Crippen LogP contribution in [-0.4, -0.2) is 4.20 Å². The predicted molar refractivity (Wildman–Crippen MR) is 84.8 cm³/mol. The fourth-order valence-electron chi connectivity index (χ4n) is 1.87. The van der Waals surface area contributed by atoms with Gasteiger partial charge in [-0.1, -0.05) is 61.2 Å². The molecule has 0 saturated carbocycles. The van der Waals surface area contributed by atoms with E-state index in [1.54, 1.807) is 0 Å². The molecule has 2 aromatic rings. The molecule has 0 aliphatic rings. The van der Waals surface area contributed by atoms with Gasteiger partial charge in [0.25, 0.3) is 0 Å². The van der Waals surface area contributed by atoms with E-state index in [1.165, 1.54) is 11.1 Å². The minimum Gasteiger partial charge on any atom is -0.428 e. The molecule has 2 aromatic carbocycles. The van der Waals surface area contributed by atoms with Gasteiger partial charge in [0.2, 0.25) is 0 Å². The average Bonchev–Trinajstić information content (AvgIpc) is 2.40. The predicted octanol–water partition coefficient (Wildman–Crippen LogP) is 4.14. The molecule has 0 fully saturated rings. The zero-order valence-electron chi connectivity index (χ0n) is 9.93. The minimum absolute atomic E-state index is 0.535. The van der Waals surface area contributed by atoms with E-state index in [0.717, 1.165) is 17.5 Å². The van der Waals surface area contributed by atoms with Gasteiger partial charge < -0.3 is 24.8 Å². The zero-order chi connectivity index (χ0) is 13.0. The second-order valence-electron chi connectivity index (χ2n) is 4.07. The van der Waals surface area contributed by atoms with Crippen LogP contribution in [0.15, 0.2) is 55.1 Å². The van der Waals surface area contributed by atoms with Crippen molar-refractivity contribution in [2.45, 2.75) is 6.42 Å². The second kappa shape index (κ2) is 5.89. The minimum atomic E-state index is 0.535. The molecular weight excluding hydrogens is 256 g/mol. The van der Waals surface area contributed by atoms with Crippen molar-refractivity contribution in [2.24, 2.45) is 0 Å². The Bertz CT molecular complexity index is 568. The third-order valence-corrected chi connectivity index (χ3v) is 3.29. The molecule has 0 bridgehead atoms. The molecule has 0 saturated heterocycles. The van der Waals surface area contributed by atoms with Crippen LogP contribution in [0.25, 0.3) is 6.08 Å². The lowest BCUT2D eigenvalue weighted by atomic mass is 10.00. The summed E-state index contributed by atoms with van der Waals surface area (Å²) in [6.45, 7) is 3.75. The summed E-state index contributed by atoms with van der Waals surface area (Å²) in [6, 6.07) is 16.4. The Balaban J connectivity index is 2.28. The van der Waals surface area contributed by atoms with Crippen molar-refractivity contribution in [1.29, 1.82) is 0 Å². The van der Waals surface area contributed by atoms with Gasteiger partial charge in [-0.25, -0.2) is 0 Å². The van der Waals surface area contributed by atoms with Crippen molar-refractivity contribution in [3.63, 3.8) is 0 Å². The molecule has 0 nitrogen and oxygen atoms in total. The average molecular weight is 269 g/mol. The van der Waals surface area contributed by atoms with Crippen LogP contribution in [0.4, 0.5) is 0 Å². The highest BCUT2D eigenvalue weighted by atomic mass is 32.1. The topological polar surface area (TPSA) is 0 Å². The van der Waals surface area contributed by atoms with E-state index in [9.17, 15) is 0 Å². The van der Waals surface area contributed by atoms with Crippen LogP contribution in [0.1, 0.15) is 22.3 Å². The lowest BCUT2D eigenvalue weighted by molar-refractivity contribution is 1.19. The summed E-state index contributed by atoms with van der Waals surface area (Å²) in [5, 5.41) is 0. The van der Waals surface area contributed by atoms with Gasteiger partial charge in [0.1, 0.15) is 0 Å². The number of rotatable bonds is 4. The van der Waals surface area contributed by atoms with Crippen molar-refractivity contribution in [1.82, 2.24) is 0 Å². The van der Waals surface area contributed by atoms with Gasteiger partial charge in [-0.3, -0.25) is 0 Å². The molecule has 0 aliphatic heterocycles. The summed E-state index contributed by atoms with van der Waals surface area (Å²) in [5.74, 6) is 0. The first kappa shape index (κ1) is 12.9. The van der Waals surface area contributed by atoms with Crippen LogP contribution in [-0.2, 0) is 19.0 Å². The molecule has 0 heterocycles. The maximum Gasteiger partial charge on any atom is -0.00202 e. The number of benzene rings is 2. The molecule has 90 valence electrons. The molecule has 0 N–H and O–H groups in total. The molecule has 0 atom stereocenters. The van der Waals surface area contributed by atoms with E-state index in [2.05, 4.69) is 36.9 Å². The standard InChI is InChI=1S/C16H14S2/c1-2-12-7-9-13(10-8-12)11-14-5-3-4-6-15(14)16(17)18/h2-10H,1,11H2,(H,17,18)/p-1. The third-order valence-electron chi connectivity index (χ3n) is 2.85. The first-order valence-corrected chi connectivity index (χ1v) is 6.53. The summed E-state index contributed by atoms with van der Waals surface area (Å²) in [7, 11) is 0. The number of hydrogen-bond donors (Lipinski definition) is 0. The summed E-state index contributed by atoms with van der Waals surface area (Å²) in [6.07, 6.45) is 2.69. The quantitative estimate of drug-likeness (QED) is 0.604. The fourth-order valence-corrected chi connectivity index (χ4v) is 2.26. The molecule has 0 aromatic heterocycles. The van der Waals surface area contributed by atoms with Gasteiger partial charge in [0.15, 0.2) is 0 Å². The Labute approximate surface area is 119 Å². The molecule has 0 aliphatic carbocycles. The van der Waals surface area contributed by atoms with Gasteiger partial charge in [-0.15, -0.1) is 4.20 Å². The van der Waals surface area contributed by atoms with Crippen molar-refractivity contribution in [3.8, 4) is 0 Å². The van der Waals surface area contributed by atoms with Crippen LogP contribution >= 0.6 is 12.2 Å². The Hall–Kier alpha value is -1.51. The highest BCUT2D eigenvalue weighted by Crippen LogP contribution is 2.16. The molecular formula is C16H13S2-. The second-order valence-corrected chi connectivity index (χ2v) is 5.14. The van der Waals surface area contributed by atoms with E-state index in [-0.39, 0.29) is 0 Å². The van der Waals surface area contributed by atoms with Gasteiger partial charge in [-0.2, -0.15) is 0 Å². The van der Waals surface area contributed by atoms with Gasteiger partial charge in [0.05, 0.1) is 0 Å². The Kier molecular flexibility index (Phi) is 4.24. The first-order valence-electron chi connectivity index (χ1n) is 5.71. The highest BCUT2D eigenvalue weighted by Gasteiger charge is 2.01. The Morgan fingerprint density at radius 3 is 2.39 bits per heavy atom. The van der Waals surface area contributed by atoms with Crippen molar-refractivity contribution < 1.29 is 0 Å². The molecule has 2 heteroatoms. The normalized spacial score (nSPS) is 10.0. The van der Waals surface area contributed by atoms with Gasteiger partial charge >= 0.3 is 0 Å². The van der Waals surface area contributed by atoms with Crippen LogP contribution in [0.5, 0.6) is 0 Å². The van der Waals surface area contributed by atoms with E-state index in [0.29, 0.717) is 4.20 Å². The zero-order valence-corrected chi connectivity index (χ0v) is 11.6. The molecule has 0 unspecified atom stereocenters. The summed E-state index contributed by atoms with van der Waals surface area (Å²) in [4.78, 5) is 0. The maximum absolute atomic E-state index is 5.11. The molecule has 18 heavy (non-hydrogen) atoms. The fraction of sp³-hybridized carbons (Fsp3) is 0.0625. The molecule has 0 spiro atoms. The highest BCUT2D eigenvalue weighted by molar-refractivity contribution is 8.01. The summed E-state index contributed by atoms with van der Waals surface area (Å²) in [5.41, 5.74) is 4.56. The Morgan fingerprint density at radius 1 is 1.11 bits per heavy atom. The van der Waals surface area contributed by atoms with Crippen molar-refractivity contribution >= 4 is 35.1 Å². The van der Waals surface area contributed by atoms with Crippen molar-refractivity contribution in [2.75, 3.05) is 0 Å². The van der Waals surface area contributed by atoms with Gasteiger partial charge in [-0.05, 0) is 28.7 Å². The lowest BCUT2D eigenvalue weighted by Gasteiger charge is -2.12. The van der Waals surface area contributed by atoms with E-state index in [1.807, 2.05) is 24.3 Å². The van der Waals surface area contributed by atoms with E-state index < -0.39 is 0 Å². The number of hydrogen-bond acceptors (Lipinski definition) is 2. The maximum atomic E-state index is 5.11. The molecule has 0 radical (unpaired) electrons. The lowest BCUT2D eigenvalue weighted by Crippen LogP contribution is -1.99.